The molecule has 3 heteroatoms. The third-order valence-electron chi connectivity index (χ3n) is 2.72. The van der Waals surface area contributed by atoms with Crippen LogP contribution in [0.2, 0.25) is 0 Å². The smallest absolute Gasteiger partial charge is 0.258 e. The molecule has 0 aliphatic heterocycles. The van der Waals surface area contributed by atoms with Crippen LogP contribution in [0.1, 0.15) is 80.1 Å². The first-order valence-electron chi connectivity index (χ1n) is 8.09. The summed E-state index contributed by atoms with van der Waals surface area (Å²) in [4.78, 5) is 9.82. The van der Waals surface area contributed by atoms with Crippen molar-refractivity contribution in [1.82, 2.24) is 0 Å². The van der Waals surface area contributed by atoms with Crippen LogP contribution in [0.5, 0.6) is 0 Å². The lowest BCUT2D eigenvalue weighted by molar-refractivity contribution is -0.418. The van der Waals surface area contributed by atoms with Crippen LogP contribution in [0.25, 0.3) is 0 Å². The maximum absolute atomic E-state index is 10.3. The van der Waals surface area contributed by atoms with E-state index < -0.39 is 4.92 Å². The number of hydrogen-bond acceptors (Lipinski definition) is 2. The number of hydrogen-bond donors (Lipinski definition) is 0. The quantitative estimate of drug-likeness (QED) is 0.298. The van der Waals surface area contributed by atoms with Gasteiger partial charge in [-0.3, -0.25) is 10.1 Å². The molecule has 0 atom stereocenters. The SMILES string of the molecule is C=C/C(=C\C=C(\C)CC)[N+](=O)[O-].CCCC.CCCCC. The van der Waals surface area contributed by atoms with E-state index in [1.165, 1.54) is 44.3 Å². The van der Waals surface area contributed by atoms with Crippen LogP contribution in [-0.4, -0.2) is 4.92 Å². The molecule has 0 radical (unpaired) electrons. The monoisotopic (exact) mass is 297 g/mol. The van der Waals surface area contributed by atoms with Crippen LogP contribution in [0.3, 0.4) is 0 Å². The topological polar surface area (TPSA) is 43.1 Å². The molecule has 0 aliphatic carbocycles. The Morgan fingerprint density at radius 2 is 1.48 bits per heavy atom. The Morgan fingerprint density at radius 3 is 1.67 bits per heavy atom. The normalized spacial score (nSPS) is 10.8. The lowest BCUT2D eigenvalue weighted by Gasteiger charge is -1.90. The fourth-order valence-corrected chi connectivity index (χ4v) is 0.902. The van der Waals surface area contributed by atoms with E-state index in [1.54, 1.807) is 6.08 Å². The second-order valence-corrected chi connectivity index (χ2v) is 4.77. The van der Waals surface area contributed by atoms with Crippen molar-refractivity contribution < 1.29 is 4.92 Å². The summed E-state index contributed by atoms with van der Waals surface area (Å²) in [7, 11) is 0. The van der Waals surface area contributed by atoms with Crippen molar-refractivity contribution in [2.75, 3.05) is 0 Å². The fourth-order valence-electron chi connectivity index (χ4n) is 0.902. The third-order valence-corrected chi connectivity index (χ3v) is 2.72. The molecule has 21 heavy (non-hydrogen) atoms. The van der Waals surface area contributed by atoms with E-state index in [1.807, 2.05) is 13.8 Å². The van der Waals surface area contributed by atoms with E-state index in [2.05, 4.69) is 34.3 Å². The standard InChI is InChI=1S/C9H13NO2.C5H12.C4H10/c1-4-8(3)6-7-9(5-2)10(11)12;1-3-5-4-2;1-3-4-2/h5-7H,2,4H2,1,3H3;3-5H2,1-2H3;3-4H2,1-2H3/b8-6-,9-7+;;. The van der Waals surface area contributed by atoms with Gasteiger partial charge in [-0.1, -0.05) is 85.0 Å². The molecule has 3 nitrogen and oxygen atoms in total. The predicted octanol–water partition coefficient (Wildman–Crippen LogP) is 6.69. The van der Waals surface area contributed by atoms with E-state index >= 15 is 0 Å². The van der Waals surface area contributed by atoms with Gasteiger partial charge in [0.2, 0.25) is 0 Å². The summed E-state index contributed by atoms with van der Waals surface area (Å²) in [6, 6.07) is 0. The van der Waals surface area contributed by atoms with Crippen molar-refractivity contribution in [3.63, 3.8) is 0 Å². The Morgan fingerprint density at radius 1 is 1.00 bits per heavy atom. The highest BCUT2D eigenvalue weighted by atomic mass is 16.6. The summed E-state index contributed by atoms with van der Waals surface area (Å²) >= 11 is 0. The van der Waals surface area contributed by atoms with Crippen molar-refractivity contribution in [1.29, 1.82) is 0 Å². The summed E-state index contributed by atoms with van der Waals surface area (Å²) in [5, 5.41) is 10.3. The van der Waals surface area contributed by atoms with Crippen molar-refractivity contribution >= 4 is 0 Å². The van der Waals surface area contributed by atoms with Crippen molar-refractivity contribution in [2.24, 2.45) is 0 Å². The first kappa shape index (κ1) is 24.6. The van der Waals surface area contributed by atoms with E-state index in [4.69, 9.17) is 0 Å². The average Bonchev–Trinajstić information content (AvgIpc) is 2.49. The van der Waals surface area contributed by atoms with Crippen LogP contribution in [0, 0.1) is 10.1 Å². The van der Waals surface area contributed by atoms with E-state index in [0.717, 1.165) is 12.0 Å². The number of rotatable bonds is 7. The minimum absolute atomic E-state index is 0.0304. The van der Waals surface area contributed by atoms with Gasteiger partial charge in [-0.25, -0.2) is 0 Å². The van der Waals surface area contributed by atoms with E-state index in [-0.39, 0.29) is 5.70 Å². The number of nitrogens with zero attached hydrogens (tertiary/aromatic N) is 1. The molecule has 0 amide bonds. The summed E-state index contributed by atoms with van der Waals surface area (Å²) in [5.41, 5.74) is 1.14. The van der Waals surface area contributed by atoms with Crippen molar-refractivity contribution in [3.8, 4) is 0 Å². The van der Waals surface area contributed by atoms with Gasteiger partial charge in [0, 0.05) is 12.2 Å². The van der Waals surface area contributed by atoms with Gasteiger partial charge in [-0.05, 0) is 13.3 Å². The molecular weight excluding hydrogens is 262 g/mol. The maximum atomic E-state index is 10.3. The Bertz CT molecular complexity index is 300. The molecule has 0 unspecified atom stereocenters. The van der Waals surface area contributed by atoms with Crippen LogP contribution in [0.15, 0.2) is 36.1 Å². The highest BCUT2D eigenvalue weighted by Crippen LogP contribution is 2.02. The number of unbranched alkanes of at least 4 members (excludes halogenated alkanes) is 3. The minimum atomic E-state index is -0.452. The molecule has 0 aromatic carbocycles. The van der Waals surface area contributed by atoms with Gasteiger partial charge in [0.25, 0.3) is 5.70 Å². The molecule has 0 heterocycles. The van der Waals surface area contributed by atoms with Crippen LogP contribution < -0.4 is 0 Å². The average molecular weight is 297 g/mol. The van der Waals surface area contributed by atoms with E-state index in [9.17, 15) is 10.1 Å². The predicted molar refractivity (Wildman–Crippen MR) is 95.1 cm³/mol. The van der Waals surface area contributed by atoms with Gasteiger partial charge < -0.3 is 0 Å². The number of nitro groups is 1. The van der Waals surface area contributed by atoms with Gasteiger partial charge in [-0.15, -0.1) is 0 Å². The lowest BCUT2D eigenvalue weighted by atomic mass is 10.2. The molecule has 124 valence electrons. The highest BCUT2D eigenvalue weighted by molar-refractivity contribution is 5.18. The second-order valence-electron chi connectivity index (χ2n) is 4.77. The number of allylic oxidation sites excluding steroid dienone is 4. The van der Waals surface area contributed by atoms with Crippen molar-refractivity contribution in [3.05, 3.63) is 46.2 Å². The molecule has 0 N–H and O–H groups in total. The zero-order valence-corrected chi connectivity index (χ0v) is 14.9. The molecule has 0 rings (SSSR count). The lowest BCUT2D eigenvalue weighted by Crippen LogP contribution is -1.93. The van der Waals surface area contributed by atoms with Gasteiger partial charge in [0.15, 0.2) is 0 Å². The Hall–Kier alpha value is -1.38. The fraction of sp³-hybridized carbons (Fsp3) is 0.667. The molecule has 0 bridgehead atoms. The van der Waals surface area contributed by atoms with Gasteiger partial charge >= 0.3 is 0 Å². The van der Waals surface area contributed by atoms with Gasteiger partial charge in [-0.2, -0.15) is 0 Å². The molecular formula is C18H35NO2. The van der Waals surface area contributed by atoms with E-state index in [0.29, 0.717) is 0 Å². The third kappa shape index (κ3) is 24.1. The summed E-state index contributed by atoms with van der Waals surface area (Å²) in [6.45, 7) is 16.1. The van der Waals surface area contributed by atoms with Crippen molar-refractivity contribution in [2.45, 2.75) is 80.1 Å². The maximum Gasteiger partial charge on any atom is 0.268 e. The van der Waals surface area contributed by atoms with Crippen LogP contribution in [0.4, 0.5) is 0 Å². The second kappa shape index (κ2) is 20.9. The molecule has 0 aliphatic rings. The zero-order chi connectivity index (χ0) is 17.1. The molecule has 0 aromatic heterocycles. The van der Waals surface area contributed by atoms with Gasteiger partial charge in [0.05, 0.1) is 4.92 Å². The minimum Gasteiger partial charge on any atom is -0.258 e. The summed E-state index contributed by atoms with van der Waals surface area (Å²) in [6.07, 6.45) is 12.1. The highest BCUT2D eigenvalue weighted by Gasteiger charge is 2.01. The molecule has 0 fully saturated rings. The Kier molecular flexibility index (Phi) is 24.5. The molecule has 0 saturated carbocycles. The zero-order valence-electron chi connectivity index (χ0n) is 14.9. The molecule has 0 aromatic rings. The van der Waals surface area contributed by atoms with Crippen LogP contribution in [-0.2, 0) is 0 Å². The largest absolute Gasteiger partial charge is 0.268 e. The summed E-state index contributed by atoms with van der Waals surface area (Å²) < 4.78 is 0. The molecule has 0 saturated heterocycles. The first-order valence-corrected chi connectivity index (χ1v) is 8.09. The van der Waals surface area contributed by atoms with Crippen LogP contribution >= 0.6 is 0 Å². The summed E-state index contributed by atoms with van der Waals surface area (Å²) in [5.74, 6) is 0. The van der Waals surface area contributed by atoms with Gasteiger partial charge in [0.1, 0.15) is 0 Å². The molecule has 0 spiro atoms. The Balaban J connectivity index is -0.000000297. The Labute approximate surface area is 132 Å². The first-order chi connectivity index (χ1) is 9.94.